The molecule has 7 nitrogen and oxygen atoms in total. The molecule has 1 heterocycles. The van der Waals surface area contributed by atoms with Gasteiger partial charge in [-0.05, 0) is 37.6 Å². The predicted octanol–water partition coefficient (Wildman–Crippen LogP) is 3.20. The molecule has 1 atom stereocenters. The summed E-state index contributed by atoms with van der Waals surface area (Å²) < 4.78 is 16.1. The Balaban J connectivity index is 1.78. The van der Waals surface area contributed by atoms with E-state index in [2.05, 4.69) is 20.8 Å². The van der Waals surface area contributed by atoms with Gasteiger partial charge in [-0.1, -0.05) is 49.0 Å². The molecule has 0 saturated carbocycles. The zero-order valence-electron chi connectivity index (χ0n) is 17.3. The number of para-hydroxylation sites is 1. The van der Waals surface area contributed by atoms with Crippen molar-refractivity contribution < 1.29 is 14.0 Å². The van der Waals surface area contributed by atoms with Gasteiger partial charge >= 0.3 is 0 Å². The van der Waals surface area contributed by atoms with E-state index < -0.39 is 11.9 Å². The molecule has 0 fully saturated rings. The van der Waals surface area contributed by atoms with Crippen molar-refractivity contribution in [2.75, 3.05) is 12.3 Å². The smallest absolute Gasteiger partial charge is 0.242 e. The van der Waals surface area contributed by atoms with E-state index in [9.17, 15) is 14.0 Å². The van der Waals surface area contributed by atoms with Crippen LogP contribution >= 0.6 is 11.8 Å². The molecule has 9 heteroatoms. The molecule has 0 bridgehead atoms. The van der Waals surface area contributed by atoms with Crippen LogP contribution in [0.15, 0.2) is 59.8 Å². The Kier molecular flexibility index (Phi) is 7.77. The Bertz CT molecular complexity index is 1040. The summed E-state index contributed by atoms with van der Waals surface area (Å²) in [6.45, 7) is 4.15. The molecule has 0 radical (unpaired) electrons. The van der Waals surface area contributed by atoms with Gasteiger partial charge in [0.2, 0.25) is 11.8 Å². The SMILES string of the molecule is CCCNC(=O)[C@H](C)NC(=O)CSc1nnc(-c2ccccc2F)n1-c1ccccc1. The topological polar surface area (TPSA) is 88.9 Å². The van der Waals surface area contributed by atoms with Gasteiger partial charge in [0.15, 0.2) is 11.0 Å². The van der Waals surface area contributed by atoms with Crippen LogP contribution in [0, 0.1) is 5.82 Å². The summed E-state index contributed by atoms with van der Waals surface area (Å²) in [5, 5.41) is 14.2. The lowest BCUT2D eigenvalue weighted by atomic mass is 10.2. The average molecular weight is 442 g/mol. The minimum absolute atomic E-state index is 0.0354. The van der Waals surface area contributed by atoms with Crippen molar-refractivity contribution in [1.29, 1.82) is 0 Å². The number of hydrogen-bond acceptors (Lipinski definition) is 5. The number of thioether (sulfide) groups is 1. The van der Waals surface area contributed by atoms with E-state index in [-0.39, 0.29) is 17.6 Å². The van der Waals surface area contributed by atoms with Crippen LogP contribution < -0.4 is 10.6 Å². The lowest BCUT2D eigenvalue weighted by Crippen LogP contribution is -2.45. The molecule has 0 unspecified atom stereocenters. The molecule has 3 rings (SSSR count). The van der Waals surface area contributed by atoms with Crippen molar-refractivity contribution in [1.82, 2.24) is 25.4 Å². The van der Waals surface area contributed by atoms with Gasteiger partial charge in [-0.2, -0.15) is 0 Å². The van der Waals surface area contributed by atoms with Gasteiger partial charge in [0.25, 0.3) is 0 Å². The van der Waals surface area contributed by atoms with Crippen LogP contribution in [0.3, 0.4) is 0 Å². The van der Waals surface area contributed by atoms with Crippen LogP contribution in [0.1, 0.15) is 20.3 Å². The third-order valence-corrected chi connectivity index (χ3v) is 5.34. The third-order valence-electron chi connectivity index (χ3n) is 4.41. The highest BCUT2D eigenvalue weighted by atomic mass is 32.2. The van der Waals surface area contributed by atoms with E-state index in [0.717, 1.165) is 12.1 Å². The highest BCUT2D eigenvalue weighted by Gasteiger charge is 2.20. The minimum Gasteiger partial charge on any atom is -0.354 e. The number of hydrogen-bond donors (Lipinski definition) is 2. The summed E-state index contributed by atoms with van der Waals surface area (Å²) in [5.74, 6) is -0.560. The number of carbonyl (C=O) groups is 2. The summed E-state index contributed by atoms with van der Waals surface area (Å²) >= 11 is 1.17. The molecule has 2 aromatic carbocycles. The van der Waals surface area contributed by atoms with Crippen LogP contribution in [-0.4, -0.2) is 44.9 Å². The van der Waals surface area contributed by atoms with Crippen molar-refractivity contribution in [2.24, 2.45) is 0 Å². The number of halogens is 1. The van der Waals surface area contributed by atoms with Crippen molar-refractivity contribution in [3.05, 3.63) is 60.4 Å². The molecular formula is C22H24FN5O2S. The summed E-state index contributed by atoms with van der Waals surface area (Å²) in [6.07, 6.45) is 0.821. The molecule has 0 aliphatic carbocycles. The summed E-state index contributed by atoms with van der Waals surface area (Å²) in [7, 11) is 0. The molecule has 162 valence electrons. The Morgan fingerprint density at radius 2 is 1.81 bits per heavy atom. The van der Waals surface area contributed by atoms with E-state index in [1.54, 1.807) is 29.7 Å². The maximum absolute atomic E-state index is 14.4. The van der Waals surface area contributed by atoms with Crippen molar-refractivity contribution >= 4 is 23.6 Å². The van der Waals surface area contributed by atoms with E-state index in [1.165, 1.54) is 17.8 Å². The second-order valence-corrected chi connectivity index (χ2v) is 7.77. The average Bonchev–Trinajstić information content (AvgIpc) is 3.20. The Morgan fingerprint density at radius 1 is 1.10 bits per heavy atom. The van der Waals surface area contributed by atoms with Crippen LogP contribution in [-0.2, 0) is 9.59 Å². The number of rotatable bonds is 9. The highest BCUT2D eigenvalue weighted by molar-refractivity contribution is 7.99. The monoisotopic (exact) mass is 441 g/mol. The maximum atomic E-state index is 14.4. The predicted molar refractivity (Wildman–Crippen MR) is 118 cm³/mol. The summed E-state index contributed by atoms with van der Waals surface area (Å²) in [6, 6.07) is 15.0. The van der Waals surface area contributed by atoms with Crippen LogP contribution in [0.25, 0.3) is 17.1 Å². The first-order chi connectivity index (χ1) is 15.0. The van der Waals surface area contributed by atoms with Gasteiger partial charge in [-0.15, -0.1) is 10.2 Å². The number of benzene rings is 2. The van der Waals surface area contributed by atoms with Gasteiger partial charge < -0.3 is 10.6 Å². The van der Waals surface area contributed by atoms with E-state index >= 15 is 0 Å². The fourth-order valence-electron chi connectivity index (χ4n) is 2.87. The summed E-state index contributed by atoms with van der Waals surface area (Å²) in [5.41, 5.74) is 1.07. The van der Waals surface area contributed by atoms with E-state index in [4.69, 9.17) is 0 Å². The molecular weight excluding hydrogens is 417 g/mol. The van der Waals surface area contributed by atoms with Crippen LogP contribution in [0.5, 0.6) is 0 Å². The van der Waals surface area contributed by atoms with Crippen LogP contribution in [0.2, 0.25) is 0 Å². The molecule has 2 amide bonds. The minimum atomic E-state index is -0.638. The maximum Gasteiger partial charge on any atom is 0.242 e. The van der Waals surface area contributed by atoms with Gasteiger partial charge in [0.05, 0.1) is 11.3 Å². The van der Waals surface area contributed by atoms with E-state index in [1.807, 2.05) is 37.3 Å². The molecule has 0 aliphatic rings. The Hall–Kier alpha value is -3.20. The second kappa shape index (κ2) is 10.7. The van der Waals surface area contributed by atoms with Gasteiger partial charge in [0.1, 0.15) is 11.9 Å². The highest BCUT2D eigenvalue weighted by Crippen LogP contribution is 2.29. The first-order valence-electron chi connectivity index (χ1n) is 9.97. The van der Waals surface area contributed by atoms with Crippen molar-refractivity contribution in [3.63, 3.8) is 0 Å². The van der Waals surface area contributed by atoms with E-state index in [0.29, 0.717) is 23.1 Å². The Morgan fingerprint density at radius 3 is 2.52 bits per heavy atom. The lowest BCUT2D eigenvalue weighted by Gasteiger charge is -2.14. The zero-order valence-corrected chi connectivity index (χ0v) is 18.2. The quantitative estimate of drug-likeness (QED) is 0.498. The largest absolute Gasteiger partial charge is 0.354 e. The second-order valence-electron chi connectivity index (χ2n) is 6.83. The number of carbonyl (C=O) groups excluding carboxylic acids is 2. The van der Waals surface area contributed by atoms with Crippen molar-refractivity contribution in [3.8, 4) is 17.1 Å². The zero-order chi connectivity index (χ0) is 22.2. The number of nitrogens with one attached hydrogen (secondary N) is 2. The van der Waals surface area contributed by atoms with Gasteiger partial charge in [-0.25, -0.2) is 4.39 Å². The molecule has 2 N–H and O–H groups in total. The first kappa shape index (κ1) is 22.5. The molecule has 0 saturated heterocycles. The number of aromatic nitrogens is 3. The fourth-order valence-corrected chi connectivity index (χ4v) is 3.63. The molecule has 1 aromatic heterocycles. The standard InChI is InChI=1S/C22H24FN5O2S/c1-3-13-24-21(30)15(2)25-19(29)14-31-22-27-26-20(17-11-7-8-12-18(17)23)28(22)16-9-5-4-6-10-16/h4-12,15H,3,13-14H2,1-2H3,(H,24,30)(H,25,29)/t15-/m0/s1. The summed E-state index contributed by atoms with van der Waals surface area (Å²) in [4.78, 5) is 24.3. The van der Waals surface area contributed by atoms with Gasteiger partial charge in [-0.3, -0.25) is 14.2 Å². The lowest BCUT2D eigenvalue weighted by molar-refractivity contribution is -0.127. The number of nitrogens with zero attached hydrogens (tertiary/aromatic N) is 3. The number of amides is 2. The third kappa shape index (κ3) is 5.69. The fraction of sp³-hybridized carbons (Fsp3) is 0.273. The van der Waals surface area contributed by atoms with Gasteiger partial charge in [0, 0.05) is 12.2 Å². The van der Waals surface area contributed by atoms with Crippen LogP contribution in [0.4, 0.5) is 4.39 Å². The molecule has 0 aliphatic heterocycles. The molecule has 3 aromatic rings. The normalized spacial score (nSPS) is 11.7. The molecule has 0 spiro atoms. The van der Waals surface area contributed by atoms with Crippen molar-refractivity contribution in [2.45, 2.75) is 31.5 Å². The molecule has 31 heavy (non-hydrogen) atoms. The first-order valence-corrected chi connectivity index (χ1v) is 11.0. The Labute approximate surface area is 184 Å².